The van der Waals surface area contributed by atoms with Crippen LogP contribution in [0.1, 0.15) is 18.7 Å². The minimum absolute atomic E-state index is 0.129. The van der Waals surface area contributed by atoms with Crippen LogP contribution in [-0.2, 0) is 11.2 Å². The fourth-order valence-corrected chi connectivity index (χ4v) is 3.08. The molecule has 0 N–H and O–H groups in total. The lowest BCUT2D eigenvalue weighted by atomic mass is 10.2. The summed E-state index contributed by atoms with van der Waals surface area (Å²) in [6.45, 7) is 0.245. The topological polar surface area (TPSA) is 62.5 Å². The van der Waals surface area contributed by atoms with Crippen LogP contribution in [0.4, 0.5) is 17.6 Å². The fraction of sp³-hybridized carbons (Fsp3) is 0.500. The van der Waals surface area contributed by atoms with Crippen molar-refractivity contribution in [2.24, 2.45) is 0 Å². The summed E-state index contributed by atoms with van der Waals surface area (Å²) in [5, 5.41) is 3.82. The van der Waals surface area contributed by atoms with Crippen molar-refractivity contribution in [1.29, 1.82) is 0 Å². The average molecular weight is 400 g/mol. The first-order valence-electron chi connectivity index (χ1n) is 8.95. The summed E-state index contributed by atoms with van der Waals surface area (Å²) in [5.74, 6) is 0.0564. The highest BCUT2D eigenvalue weighted by molar-refractivity contribution is 5.76. The number of carbonyl (C=O) groups is 1. The molecule has 3 rings (SSSR count). The molecule has 0 unspecified atom stereocenters. The maximum Gasteiger partial charge on any atom is 0.401 e. The number of hydrogen-bond donors (Lipinski definition) is 0. The molecule has 1 fully saturated rings. The van der Waals surface area contributed by atoms with E-state index in [-0.39, 0.29) is 43.5 Å². The molecule has 1 saturated heterocycles. The standard InChI is InChI=1S/C18H20F4N4O2/c19-14-4-2-13(3-5-14)17-23-15(28-24-17)6-7-16(27)26-9-1-8-25(10-11-26)12-18(20,21)22/h2-5H,1,6-12H2. The molecule has 1 aromatic heterocycles. The summed E-state index contributed by atoms with van der Waals surface area (Å²) in [6, 6.07) is 5.63. The predicted octanol–water partition coefficient (Wildman–Crippen LogP) is 2.90. The number of amides is 1. The van der Waals surface area contributed by atoms with E-state index < -0.39 is 12.7 Å². The molecule has 0 radical (unpaired) electrons. The Hall–Kier alpha value is -2.49. The molecule has 6 nitrogen and oxygen atoms in total. The SMILES string of the molecule is O=C(CCc1nc(-c2ccc(F)cc2)no1)N1CCCN(CC(F)(F)F)CC1. The van der Waals surface area contributed by atoms with Crippen LogP contribution in [0.2, 0.25) is 0 Å². The van der Waals surface area contributed by atoms with Gasteiger partial charge in [0.15, 0.2) is 0 Å². The lowest BCUT2D eigenvalue weighted by Gasteiger charge is -2.22. The minimum Gasteiger partial charge on any atom is -0.341 e. The first-order valence-corrected chi connectivity index (χ1v) is 8.95. The third kappa shape index (κ3) is 5.75. The Morgan fingerprint density at radius 3 is 2.57 bits per heavy atom. The van der Waals surface area contributed by atoms with Gasteiger partial charge in [-0.1, -0.05) is 5.16 Å². The van der Waals surface area contributed by atoms with Crippen molar-refractivity contribution >= 4 is 5.91 Å². The van der Waals surface area contributed by atoms with Gasteiger partial charge < -0.3 is 9.42 Å². The number of benzene rings is 1. The van der Waals surface area contributed by atoms with Crippen molar-refractivity contribution in [1.82, 2.24) is 19.9 Å². The first kappa shape index (κ1) is 20.2. The van der Waals surface area contributed by atoms with E-state index in [1.54, 1.807) is 4.90 Å². The number of alkyl halides is 3. The molecule has 10 heteroatoms. The summed E-state index contributed by atoms with van der Waals surface area (Å²) in [7, 11) is 0. The molecule has 152 valence electrons. The molecule has 0 aliphatic carbocycles. The maximum atomic E-state index is 13.0. The second-order valence-electron chi connectivity index (χ2n) is 6.64. The molecule has 2 heterocycles. The summed E-state index contributed by atoms with van der Waals surface area (Å²) < 4.78 is 55.6. The van der Waals surface area contributed by atoms with Gasteiger partial charge in [-0.05, 0) is 30.7 Å². The molecule has 2 aromatic rings. The van der Waals surface area contributed by atoms with Crippen LogP contribution in [0, 0.1) is 5.82 Å². The van der Waals surface area contributed by atoms with E-state index >= 15 is 0 Å². The van der Waals surface area contributed by atoms with Gasteiger partial charge in [-0.2, -0.15) is 18.2 Å². The summed E-state index contributed by atoms with van der Waals surface area (Å²) in [4.78, 5) is 19.5. The number of hydrogen-bond acceptors (Lipinski definition) is 5. The molecule has 28 heavy (non-hydrogen) atoms. The van der Waals surface area contributed by atoms with E-state index in [0.29, 0.717) is 30.9 Å². The largest absolute Gasteiger partial charge is 0.401 e. The van der Waals surface area contributed by atoms with Crippen LogP contribution >= 0.6 is 0 Å². The van der Waals surface area contributed by atoms with Crippen LogP contribution in [0.5, 0.6) is 0 Å². The smallest absolute Gasteiger partial charge is 0.341 e. The zero-order valence-corrected chi connectivity index (χ0v) is 15.1. The van der Waals surface area contributed by atoms with Crippen LogP contribution in [0.3, 0.4) is 0 Å². The third-order valence-corrected chi connectivity index (χ3v) is 4.47. The predicted molar refractivity (Wildman–Crippen MR) is 91.7 cm³/mol. The van der Waals surface area contributed by atoms with Gasteiger partial charge in [-0.3, -0.25) is 9.69 Å². The average Bonchev–Trinajstić information content (AvgIpc) is 2.99. The second kappa shape index (κ2) is 8.68. The lowest BCUT2D eigenvalue weighted by Crippen LogP contribution is -2.38. The lowest BCUT2D eigenvalue weighted by molar-refractivity contribution is -0.145. The van der Waals surface area contributed by atoms with E-state index in [0.717, 1.165) is 0 Å². The molecule has 0 spiro atoms. The first-order chi connectivity index (χ1) is 13.3. The van der Waals surface area contributed by atoms with E-state index in [2.05, 4.69) is 10.1 Å². The molecule has 0 atom stereocenters. The van der Waals surface area contributed by atoms with Gasteiger partial charge in [-0.25, -0.2) is 4.39 Å². The van der Waals surface area contributed by atoms with Gasteiger partial charge >= 0.3 is 6.18 Å². The summed E-state index contributed by atoms with van der Waals surface area (Å²) in [6.07, 6.45) is -3.38. The highest BCUT2D eigenvalue weighted by Crippen LogP contribution is 2.19. The Labute approximate surface area is 159 Å². The molecule has 1 aliphatic rings. The van der Waals surface area contributed by atoms with Crippen molar-refractivity contribution in [2.45, 2.75) is 25.4 Å². The van der Waals surface area contributed by atoms with Gasteiger partial charge in [0.2, 0.25) is 17.6 Å². The normalized spacial score (nSPS) is 16.2. The van der Waals surface area contributed by atoms with Gasteiger partial charge in [0, 0.05) is 44.6 Å². The van der Waals surface area contributed by atoms with Gasteiger partial charge in [-0.15, -0.1) is 0 Å². The number of carbonyl (C=O) groups excluding carboxylic acids is 1. The highest BCUT2D eigenvalue weighted by atomic mass is 19.4. The van der Waals surface area contributed by atoms with E-state index in [4.69, 9.17) is 4.52 Å². The van der Waals surface area contributed by atoms with Gasteiger partial charge in [0.25, 0.3) is 0 Å². The quantitative estimate of drug-likeness (QED) is 0.723. The number of nitrogens with zero attached hydrogens (tertiary/aromatic N) is 4. The number of aromatic nitrogens is 2. The van der Waals surface area contributed by atoms with Crippen LogP contribution < -0.4 is 0 Å². The molecule has 0 saturated carbocycles. The maximum absolute atomic E-state index is 13.0. The molecular weight excluding hydrogens is 380 g/mol. The van der Waals surface area contributed by atoms with Crippen LogP contribution in [-0.4, -0.2) is 64.7 Å². The van der Waals surface area contributed by atoms with Crippen LogP contribution in [0.25, 0.3) is 11.4 Å². The van der Waals surface area contributed by atoms with E-state index in [1.807, 2.05) is 0 Å². The van der Waals surface area contributed by atoms with Crippen molar-refractivity contribution in [3.63, 3.8) is 0 Å². The minimum atomic E-state index is -4.24. The van der Waals surface area contributed by atoms with Crippen molar-refractivity contribution < 1.29 is 26.9 Å². The Balaban J connectivity index is 1.50. The third-order valence-electron chi connectivity index (χ3n) is 4.47. The molecule has 0 bridgehead atoms. The zero-order valence-electron chi connectivity index (χ0n) is 15.1. The summed E-state index contributed by atoms with van der Waals surface area (Å²) >= 11 is 0. The van der Waals surface area contributed by atoms with Gasteiger partial charge in [0.1, 0.15) is 5.82 Å². The Morgan fingerprint density at radius 2 is 1.86 bits per heavy atom. The number of rotatable bonds is 5. The van der Waals surface area contributed by atoms with Crippen molar-refractivity contribution in [3.8, 4) is 11.4 Å². The van der Waals surface area contributed by atoms with E-state index in [9.17, 15) is 22.4 Å². The number of aryl methyl sites for hydroxylation is 1. The highest BCUT2D eigenvalue weighted by Gasteiger charge is 2.31. The molecule has 1 aromatic carbocycles. The van der Waals surface area contributed by atoms with Crippen molar-refractivity contribution in [3.05, 3.63) is 36.0 Å². The Morgan fingerprint density at radius 1 is 1.11 bits per heavy atom. The second-order valence-corrected chi connectivity index (χ2v) is 6.64. The van der Waals surface area contributed by atoms with Gasteiger partial charge in [0.05, 0.1) is 6.54 Å². The zero-order chi connectivity index (χ0) is 20.1. The monoisotopic (exact) mass is 400 g/mol. The molecule has 1 aliphatic heterocycles. The number of halogens is 4. The van der Waals surface area contributed by atoms with Crippen molar-refractivity contribution in [2.75, 3.05) is 32.7 Å². The Kier molecular flexibility index (Phi) is 6.28. The summed E-state index contributed by atoms with van der Waals surface area (Å²) in [5.41, 5.74) is 0.597. The Bertz CT molecular complexity index is 792. The molecular formula is C18H20F4N4O2. The van der Waals surface area contributed by atoms with E-state index in [1.165, 1.54) is 29.2 Å². The van der Waals surface area contributed by atoms with Crippen LogP contribution in [0.15, 0.2) is 28.8 Å². The molecule has 1 amide bonds. The fourth-order valence-electron chi connectivity index (χ4n) is 3.08.